The van der Waals surface area contributed by atoms with Gasteiger partial charge < -0.3 is 60.4 Å². The molecule has 0 bridgehead atoms. The Bertz CT molecular complexity index is 799. The number of benzene rings is 1. The number of esters is 1. The number of ether oxygens (including phenoxy) is 4. The van der Waals surface area contributed by atoms with E-state index in [0.717, 1.165) is 5.56 Å². The molecule has 2 aliphatic rings. The van der Waals surface area contributed by atoms with Crippen LogP contribution in [-0.2, 0) is 30.2 Å². The van der Waals surface area contributed by atoms with Gasteiger partial charge in [0.25, 0.3) is 0 Å². The van der Waals surface area contributed by atoms with Crippen LogP contribution in [-0.4, -0.2) is 122 Å². The van der Waals surface area contributed by atoms with Gasteiger partial charge in [-0.2, -0.15) is 0 Å². The number of hydrogen-bond acceptors (Lipinski definition) is 13. The second-order valence-electron chi connectivity index (χ2n) is 8.30. The van der Waals surface area contributed by atoms with Crippen molar-refractivity contribution in [2.75, 3.05) is 19.8 Å². The van der Waals surface area contributed by atoms with Gasteiger partial charge in [0.15, 0.2) is 6.29 Å². The third kappa shape index (κ3) is 5.56. The predicted octanol–water partition coefficient (Wildman–Crippen LogP) is -4.27. The van der Waals surface area contributed by atoms with Crippen LogP contribution in [0.15, 0.2) is 30.3 Å². The molecule has 192 valence electrons. The molecule has 0 unspecified atom stereocenters. The Labute approximate surface area is 194 Å². The maximum atomic E-state index is 12.3. The molecule has 2 aliphatic heterocycles. The van der Waals surface area contributed by atoms with Crippen LogP contribution in [0.5, 0.6) is 0 Å². The van der Waals surface area contributed by atoms with Crippen LogP contribution in [0, 0.1) is 0 Å². The van der Waals surface area contributed by atoms with E-state index in [9.17, 15) is 40.5 Å². The van der Waals surface area contributed by atoms with Crippen molar-refractivity contribution in [3.8, 4) is 0 Å². The molecule has 9 N–H and O–H groups in total. The normalized spacial score (nSPS) is 39.1. The Kier molecular flexibility index (Phi) is 8.94. The summed E-state index contributed by atoms with van der Waals surface area (Å²) in [4.78, 5) is 12.3. The van der Waals surface area contributed by atoms with Gasteiger partial charge in [-0.05, 0) is 12.0 Å². The van der Waals surface area contributed by atoms with Crippen molar-refractivity contribution < 1.29 is 59.5 Å². The summed E-state index contributed by atoms with van der Waals surface area (Å²) in [5.41, 5.74) is 6.67. The molecule has 1 aromatic carbocycles. The van der Waals surface area contributed by atoms with Crippen LogP contribution in [0.2, 0.25) is 0 Å². The minimum Gasteiger partial charge on any atom is -0.462 e. The van der Waals surface area contributed by atoms with E-state index >= 15 is 0 Å². The van der Waals surface area contributed by atoms with Crippen molar-refractivity contribution in [3.63, 3.8) is 0 Å². The maximum Gasteiger partial charge on any atom is 0.323 e. The first kappa shape index (κ1) is 26.8. The van der Waals surface area contributed by atoms with Gasteiger partial charge in [-0.25, -0.2) is 0 Å². The van der Waals surface area contributed by atoms with E-state index in [-0.39, 0.29) is 6.42 Å². The molecule has 0 radical (unpaired) electrons. The topological polar surface area (TPSA) is 222 Å². The Hall–Kier alpha value is -1.75. The van der Waals surface area contributed by atoms with E-state index in [0.29, 0.717) is 0 Å². The lowest BCUT2D eigenvalue weighted by atomic mass is 9.98. The first-order valence-corrected chi connectivity index (χ1v) is 10.7. The molecule has 2 saturated heterocycles. The van der Waals surface area contributed by atoms with Crippen molar-refractivity contribution in [1.29, 1.82) is 0 Å². The summed E-state index contributed by atoms with van der Waals surface area (Å²) in [6, 6.07) is 7.96. The van der Waals surface area contributed by atoms with Gasteiger partial charge >= 0.3 is 5.97 Å². The fourth-order valence-corrected chi connectivity index (χ4v) is 3.84. The average Bonchev–Trinajstić information content (AvgIpc) is 3.08. The number of nitrogens with two attached hydrogens (primary N) is 1. The van der Waals surface area contributed by atoms with Gasteiger partial charge in [0.05, 0.1) is 6.61 Å². The fraction of sp³-hybridized carbons (Fsp3) is 0.667. The molecular weight excluding hydrogens is 458 g/mol. The van der Waals surface area contributed by atoms with E-state index < -0.39 is 86.6 Å². The highest BCUT2D eigenvalue weighted by Crippen LogP contribution is 2.36. The van der Waals surface area contributed by atoms with E-state index in [4.69, 9.17) is 24.7 Å². The summed E-state index contributed by atoms with van der Waals surface area (Å²) >= 11 is 0. The molecule has 1 aromatic rings. The highest BCUT2D eigenvalue weighted by atomic mass is 16.8. The third-order valence-corrected chi connectivity index (χ3v) is 5.88. The van der Waals surface area contributed by atoms with Crippen molar-refractivity contribution >= 4 is 5.97 Å². The molecular formula is C21H31NO12. The lowest BCUT2D eigenvalue weighted by molar-refractivity contribution is -0.383. The lowest BCUT2D eigenvalue weighted by Crippen LogP contribution is -2.63. The fourth-order valence-electron chi connectivity index (χ4n) is 3.84. The summed E-state index contributed by atoms with van der Waals surface area (Å²) in [5.74, 6) is -3.10. The zero-order valence-corrected chi connectivity index (χ0v) is 18.2. The molecule has 0 spiro atoms. The molecule has 10 atom stereocenters. The van der Waals surface area contributed by atoms with Crippen LogP contribution in [0.1, 0.15) is 5.56 Å². The number of carbonyl (C=O) groups excluding carboxylic acids is 1. The summed E-state index contributed by atoms with van der Waals surface area (Å²) in [7, 11) is 0. The first-order chi connectivity index (χ1) is 16.1. The highest BCUT2D eigenvalue weighted by molar-refractivity contribution is 5.75. The summed E-state index contributed by atoms with van der Waals surface area (Å²) in [6.45, 7) is -2.29. The molecule has 3 rings (SSSR count). The Morgan fingerprint density at radius 3 is 2.26 bits per heavy atom. The molecule has 13 heteroatoms. The summed E-state index contributed by atoms with van der Waals surface area (Å²) in [5, 5.41) is 70.0. The van der Waals surface area contributed by atoms with Crippen molar-refractivity contribution in [2.45, 2.75) is 67.3 Å². The Morgan fingerprint density at radius 1 is 1.00 bits per heavy atom. The van der Waals surface area contributed by atoms with E-state index in [1.807, 2.05) is 6.07 Å². The Balaban J connectivity index is 1.63. The second kappa shape index (κ2) is 11.3. The number of aliphatic hydroxyl groups is 7. The smallest absolute Gasteiger partial charge is 0.323 e. The van der Waals surface area contributed by atoms with E-state index in [1.165, 1.54) is 0 Å². The molecule has 0 saturated carbocycles. The van der Waals surface area contributed by atoms with Crippen LogP contribution in [0.25, 0.3) is 0 Å². The maximum absolute atomic E-state index is 12.3. The standard InChI is InChI=1S/C21H31NO12/c22-11(6-10-4-2-1-3-5-10)19(30)31-8-13-14(25)16(27)17(28)20(32-13)34-21(9-24)18(29)15(26)12(7-23)33-21/h1-5,11-18,20,23-29H,6-9,22H2/t11-,12+,13+,14+,15+,16-,17+,18-,20+,21-/m0/s1. The summed E-state index contributed by atoms with van der Waals surface area (Å²) < 4.78 is 21.2. The quantitative estimate of drug-likeness (QED) is 0.154. The summed E-state index contributed by atoms with van der Waals surface area (Å²) in [6.07, 6.45) is -13.1. The molecule has 2 fully saturated rings. The van der Waals surface area contributed by atoms with Crippen molar-refractivity contribution in [2.24, 2.45) is 5.73 Å². The van der Waals surface area contributed by atoms with Gasteiger partial charge in [0.1, 0.15) is 62.0 Å². The van der Waals surface area contributed by atoms with Gasteiger partial charge in [-0.1, -0.05) is 30.3 Å². The zero-order valence-electron chi connectivity index (χ0n) is 18.2. The molecule has 13 nitrogen and oxygen atoms in total. The molecule has 2 heterocycles. The Morgan fingerprint density at radius 2 is 1.68 bits per heavy atom. The molecule has 0 amide bonds. The number of rotatable bonds is 9. The van der Waals surface area contributed by atoms with E-state index in [2.05, 4.69) is 0 Å². The monoisotopic (exact) mass is 489 g/mol. The highest BCUT2D eigenvalue weighted by Gasteiger charge is 2.58. The van der Waals surface area contributed by atoms with Crippen LogP contribution < -0.4 is 5.73 Å². The number of hydrogen-bond donors (Lipinski definition) is 8. The van der Waals surface area contributed by atoms with Crippen LogP contribution >= 0.6 is 0 Å². The SMILES string of the molecule is N[C@@H](Cc1ccccc1)C(=O)OC[C@H]1O[C@H](O[C@]2(CO)O[C@H](CO)[C@@H](O)[C@@H]2O)[C@H](O)[C@@H](O)[C@@H]1O. The average molecular weight is 489 g/mol. The van der Waals surface area contributed by atoms with Crippen LogP contribution in [0.4, 0.5) is 0 Å². The third-order valence-electron chi connectivity index (χ3n) is 5.88. The van der Waals surface area contributed by atoms with Gasteiger partial charge in [-0.15, -0.1) is 0 Å². The van der Waals surface area contributed by atoms with Gasteiger partial charge in [0.2, 0.25) is 5.79 Å². The molecule has 0 aromatic heterocycles. The molecule has 0 aliphatic carbocycles. The van der Waals surface area contributed by atoms with Crippen LogP contribution in [0.3, 0.4) is 0 Å². The zero-order chi connectivity index (χ0) is 25.0. The number of aliphatic hydroxyl groups excluding tert-OH is 7. The molecule has 34 heavy (non-hydrogen) atoms. The van der Waals surface area contributed by atoms with E-state index in [1.54, 1.807) is 24.3 Å². The largest absolute Gasteiger partial charge is 0.462 e. The van der Waals surface area contributed by atoms with Crippen molar-refractivity contribution in [3.05, 3.63) is 35.9 Å². The van der Waals surface area contributed by atoms with Gasteiger partial charge in [0, 0.05) is 0 Å². The lowest BCUT2D eigenvalue weighted by Gasteiger charge is -2.43. The number of carbonyl (C=O) groups is 1. The minimum absolute atomic E-state index is 0.198. The predicted molar refractivity (Wildman–Crippen MR) is 111 cm³/mol. The van der Waals surface area contributed by atoms with Crippen molar-refractivity contribution in [1.82, 2.24) is 0 Å². The minimum atomic E-state index is -2.31. The van der Waals surface area contributed by atoms with Gasteiger partial charge in [-0.3, -0.25) is 4.79 Å². The first-order valence-electron chi connectivity index (χ1n) is 10.7. The second-order valence-corrected chi connectivity index (χ2v) is 8.30.